The number of hydrogen-bond acceptors (Lipinski definition) is 3. The van der Waals surface area contributed by atoms with Crippen LogP contribution in [0.2, 0.25) is 0 Å². The molecular formula is C24H21N3O2. The van der Waals surface area contributed by atoms with Gasteiger partial charge in [-0.15, -0.1) is 0 Å². The molecule has 5 nitrogen and oxygen atoms in total. The van der Waals surface area contributed by atoms with E-state index < -0.39 is 0 Å². The van der Waals surface area contributed by atoms with Crippen molar-refractivity contribution in [2.75, 3.05) is 12.4 Å². The maximum Gasteiger partial charge on any atom is 0.255 e. The fourth-order valence-electron chi connectivity index (χ4n) is 3.04. The number of nitrogens with zero attached hydrogens (tertiary/aromatic N) is 1. The van der Waals surface area contributed by atoms with Gasteiger partial charge in [0.1, 0.15) is 11.6 Å². The maximum absolute atomic E-state index is 12.5. The maximum atomic E-state index is 12.5. The first-order valence-corrected chi connectivity index (χ1v) is 9.30. The third-order valence-electron chi connectivity index (χ3n) is 4.68. The minimum atomic E-state index is -0.134. The standard InChI is InChI=1S/C24H21N3O2/c1-16-6-8-18(9-7-16)24(28)26-20-5-3-4-19(14-20)22-15-25-23(27-22)17-10-12-21(29-2)13-11-17/h3-15H,1-2H3,(H,25,27)(H,26,28). The molecule has 1 aromatic heterocycles. The summed E-state index contributed by atoms with van der Waals surface area (Å²) in [7, 11) is 1.64. The van der Waals surface area contributed by atoms with Crippen LogP contribution in [0.5, 0.6) is 5.75 Å². The van der Waals surface area contributed by atoms with Crippen molar-refractivity contribution in [1.29, 1.82) is 0 Å². The first-order chi connectivity index (χ1) is 14.1. The van der Waals surface area contributed by atoms with Gasteiger partial charge < -0.3 is 15.0 Å². The molecule has 3 aromatic carbocycles. The Morgan fingerprint density at radius 1 is 0.966 bits per heavy atom. The third-order valence-corrected chi connectivity index (χ3v) is 4.68. The molecule has 29 heavy (non-hydrogen) atoms. The van der Waals surface area contributed by atoms with E-state index in [4.69, 9.17) is 4.74 Å². The number of methoxy groups -OCH3 is 1. The number of nitrogens with one attached hydrogen (secondary N) is 2. The van der Waals surface area contributed by atoms with Gasteiger partial charge in [0.15, 0.2) is 0 Å². The Bertz CT molecular complexity index is 1130. The Kier molecular flexibility index (Phi) is 5.12. The molecule has 0 aliphatic heterocycles. The summed E-state index contributed by atoms with van der Waals surface area (Å²) in [5.41, 5.74) is 5.27. The van der Waals surface area contributed by atoms with Crippen LogP contribution < -0.4 is 10.1 Å². The molecule has 1 heterocycles. The molecule has 0 atom stereocenters. The number of benzene rings is 3. The van der Waals surface area contributed by atoms with Gasteiger partial charge in [-0.3, -0.25) is 4.79 Å². The highest BCUT2D eigenvalue weighted by molar-refractivity contribution is 6.04. The number of aromatic nitrogens is 2. The van der Waals surface area contributed by atoms with Crippen molar-refractivity contribution in [2.24, 2.45) is 0 Å². The summed E-state index contributed by atoms with van der Waals surface area (Å²) in [5.74, 6) is 1.44. The van der Waals surface area contributed by atoms with Crippen LogP contribution in [0.3, 0.4) is 0 Å². The molecule has 0 radical (unpaired) electrons. The highest BCUT2D eigenvalue weighted by Crippen LogP contribution is 2.25. The first kappa shape index (κ1) is 18.5. The lowest BCUT2D eigenvalue weighted by Crippen LogP contribution is -2.11. The minimum Gasteiger partial charge on any atom is -0.497 e. The van der Waals surface area contributed by atoms with Gasteiger partial charge in [-0.2, -0.15) is 0 Å². The summed E-state index contributed by atoms with van der Waals surface area (Å²) < 4.78 is 5.20. The zero-order valence-corrected chi connectivity index (χ0v) is 16.3. The number of amides is 1. The van der Waals surface area contributed by atoms with E-state index in [0.717, 1.165) is 39.6 Å². The zero-order valence-electron chi connectivity index (χ0n) is 16.3. The number of carbonyl (C=O) groups excluding carboxylic acids is 1. The Morgan fingerprint density at radius 2 is 1.72 bits per heavy atom. The average molecular weight is 383 g/mol. The number of ether oxygens (including phenoxy) is 1. The predicted octanol–water partition coefficient (Wildman–Crippen LogP) is 5.31. The van der Waals surface area contributed by atoms with Crippen molar-refractivity contribution in [3.8, 4) is 28.4 Å². The van der Waals surface area contributed by atoms with Crippen molar-refractivity contribution < 1.29 is 9.53 Å². The first-order valence-electron chi connectivity index (χ1n) is 9.30. The largest absolute Gasteiger partial charge is 0.497 e. The van der Waals surface area contributed by atoms with Gasteiger partial charge in [-0.05, 0) is 55.5 Å². The molecule has 4 aromatic rings. The molecule has 0 saturated heterocycles. The molecule has 0 aliphatic rings. The quantitative estimate of drug-likeness (QED) is 0.491. The van der Waals surface area contributed by atoms with E-state index >= 15 is 0 Å². The van der Waals surface area contributed by atoms with Gasteiger partial charge in [0.25, 0.3) is 5.91 Å². The fourth-order valence-corrected chi connectivity index (χ4v) is 3.04. The second-order valence-electron chi connectivity index (χ2n) is 6.77. The Morgan fingerprint density at radius 3 is 2.45 bits per heavy atom. The van der Waals surface area contributed by atoms with E-state index in [1.807, 2.05) is 79.7 Å². The molecule has 5 heteroatoms. The number of hydrogen-bond donors (Lipinski definition) is 2. The number of anilines is 1. The Balaban J connectivity index is 1.53. The van der Waals surface area contributed by atoms with E-state index in [1.54, 1.807) is 13.3 Å². The van der Waals surface area contributed by atoms with Gasteiger partial charge >= 0.3 is 0 Å². The van der Waals surface area contributed by atoms with Crippen molar-refractivity contribution in [3.63, 3.8) is 0 Å². The summed E-state index contributed by atoms with van der Waals surface area (Å²) in [6.07, 6.45) is 1.79. The van der Waals surface area contributed by atoms with Crippen molar-refractivity contribution >= 4 is 11.6 Å². The number of aryl methyl sites for hydroxylation is 1. The number of aromatic amines is 1. The lowest BCUT2D eigenvalue weighted by atomic mass is 10.1. The molecular weight excluding hydrogens is 362 g/mol. The highest BCUT2D eigenvalue weighted by Gasteiger charge is 2.09. The SMILES string of the molecule is COc1ccc(-c2ncc(-c3cccc(NC(=O)c4ccc(C)cc4)c3)[nH]2)cc1. The van der Waals surface area contributed by atoms with Crippen molar-refractivity contribution in [1.82, 2.24) is 9.97 Å². The molecule has 0 bridgehead atoms. The molecule has 0 unspecified atom stereocenters. The molecule has 2 N–H and O–H groups in total. The molecule has 0 aliphatic carbocycles. The van der Waals surface area contributed by atoms with Crippen LogP contribution in [0.4, 0.5) is 5.69 Å². The van der Waals surface area contributed by atoms with E-state index in [-0.39, 0.29) is 5.91 Å². The molecule has 1 amide bonds. The van der Waals surface area contributed by atoms with E-state index in [0.29, 0.717) is 5.56 Å². The Hall–Kier alpha value is -3.86. The number of rotatable bonds is 5. The van der Waals surface area contributed by atoms with Crippen LogP contribution in [0, 0.1) is 6.92 Å². The molecule has 0 spiro atoms. The van der Waals surface area contributed by atoms with Crippen LogP contribution in [0.15, 0.2) is 79.0 Å². The zero-order chi connectivity index (χ0) is 20.2. The predicted molar refractivity (Wildman–Crippen MR) is 115 cm³/mol. The van der Waals surface area contributed by atoms with Gasteiger partial charge in [0.2, 0.25) is 0 Å². The normalized spacial score (nSPS) is 10.6. The number of carbonyl (C=O) groups is 1. The minimum absolute atomic E-state index is 0.134. The van der Waals surface area contributed by atoms with Crippen LogP contribution in [-0.4, -0.2) is 23.0 Å². The van der Waals surface area contributed by atoms with Gasteiger partial charge in [-0.25, -0.2) is 4.98 Å². The van der Waals surface area contributed by atoms with Crippen molar-refractivity contribution in [3.05, 3.63) is 90.1 Å². The summed E-state index contributed by atoms with van der Waals surface area (Å²) in [5, 5.41) is 2.95. The smallest absolute Gasteiger partial charge is 0.255 e. The van der Waals surface area contributed by atoms with Gasteiger partial charge in [-0.1, -0.05) is 29.8 Å². The summed E-state index contributed by atoms with van der Waals surface area (Å²) in [6, 6.07) is 22.9. The van der Waals surface area contributed by atoms with Crippen molar-refractivity contribution in [2.45, 2.75) is 6.92 Å². The van der Waals surface area contributed by atoms with Crippen LogP contribution in [-0.2, 0) is 0 Å². The highest BCUT2D eigenvalue weighted by atomic mass is 16.5. The lowest BCUT2D eigenvalue weighted by molar-refractivity contribution is 0.102. The molecule has 4 rings (SSSR count). The summed E-state index contributed by atoms with van der Waals surface area (Å²) >= 11 is 0. The lowest BCUT2D eigenvalue weighted by Gasteiger charge is -2.07. The third kappa shape index (κ3) is 4.19. The van der Waals surface area contributed by atoms with Gasteiger partial charge in [0, 0.05) is 22.4 Å². The number of imidazole rings is 1. The van der Waals surface area contributed by atoms with E-state index in [1.165, 1.54) is 0 Å². The van der Waals surface area contributed by atoms with Crippen LogP contribution in [0.1, 0.15) is 15.9 Å². The van der Waals surface area contributed by atoms with Crippen LogP contribution in [0.25, 0.3) is 22.6 Å². The fraction of sp³-hybridized carbons (Fsp3) is 0.0833. The second-order valence-corrected chi connectivity index (χ2v) is 6.77. The Labute approximate surface area is 169 Å². The topological polar surface area (TPSA) is 67.0 Å². The molecule has 0 saturated carbocycles. The second kappa shape index (κ2) is 8.02. The van der Waals surface area contributed by atoms with E-state index in [9.17, 15) is 4.79 Å². The van der Waals surface area contributed by atoms with Gasteiger partial charge in [0.05, 0.1) is 19.0 Å². The molecule has 144 valence electrons. The summed E-state index contributed by atoms with van der Waals surface area (Å²) in [6.45, 7) is 2.00. The average Bonchev–Trinajstić information content (AvgIpc) is 3.25. The van der Waals surface area contributed by atoms with Crippen LogP contribution >= 0.6 is 0 Å². The van der Waals surface area contributed by atoms with E-state index in [2.05, 4.69) is 15.3 Å². The number of H-pyrrole nitrogens is 1. The summed E-state index contributed by atoms with van der Waals surface area (Å²) in [4.78, 5) is 20.3. The molecule has 0 fully saturated rings. The monoisotopic (exact) mass is 383 g/mol.